The number of nitrogens with zero attached hydrogens (tertiary/aromatic N) is 1. The van der Waals surface area contributed by atoms with Crippen LogP contribution in [0.4, 0.5) is 5.82 Å². The lowest BCUT2D eigenvalue weighted by Crippen LogP contribution is -2.30. The van der Waals surface area contributed by atoms with Gasteiger partial charge >= 0.3 is 5.97 Å². The second-order valence-corrected chi connectivity index (χ2v) is 5.65. The molecule has 6 heteroatoms. The summed E-state index contributed by atoms with van der Waals surface area (Å²) in [5, 5.41) is 3.04. The molecule has 0 aliphatic rings. The number of aryl methyl sites for hydroxylation is 2. The lowest BCUT2D eigenvalue weighted by molar-refractivity contribution is -0.123. The monoisotopic (exact) mass is 332 g/mol. The van der Waals surface area contributed by atoms with Gasteiger partial charge in [0, 0.05) is 6.20 Å². The summed E-state index contributed by atoms with van der Waals surface area (Å²) in [6, 6.07) is 8.67. The molecule has 0 fully saturated rings. The topological polar surface area (TPSA) is 68.3 Å². The summed E-state index contributed by atoms with van der Waals surface area (Å²) < 4.78 is 5.23. The van der Waals surface area contributed by atoms with E-state index in [-0.39, 0.29) is 0 Å². The Hall–Kier alpha value is -2.40. The highest BCUT2D eigenvalue weighted by Gasteiger charge is 2.20. The first-order valence-electron chi connectivity index (χ1n) is 7.07. The molecule has 1 heterocycles. The van der Waals surface area contributed by atoms with E-state index in [1.54, 1.807) is 18.2 Å². The number of halogens is 1. The summed E-state index contributed by atoms with van der Waals surface area (Å²) in [6.45, 7) is 5.21. The van der Waals surface area contributed by atoms with Gasteiger partial charge in [0.25, 0.3) is 5.91 Å². The fourth-order valence-corrected chi connectivity index (χ4v) is 2.02. The molecule has 1 atom stereocenters. The molecule has 23 heavy (non-hydrogen) atoms. The van der Waals surface area contributed by atoms with Gasteiger partial charge in [0.2, 0.25) is 0 Å². The molecule has 0 aliphatic carbocycles. The van der Waals surface area contributed by atoms with Crippen LogP contribution in [-0.4, -0.2) is 23.0 Å². The molecule has 2 rings (SSSR count). The number of carbonyl (C=O) groups excluding carboxylic acids is 2. The van der Waals surface area contributed by atoms with E-state index in [1.807, 2.05) is 26.0 Å². The number of pyridine rings is 1. The zero-order valence-corrected chi connectivity index (χ0v) is 13.8. The molecular weight excluding hydrogens is 316 g/mol. The first-order valence-corrected chi connectivity index (χ1v) is 7.45. The number of anilines is 1. The molecule has 1 aromatic heterocycles. The molecule has 0 aliphatic heterocycles. The van der Waals surface area contributed by atoms with Crippen LogP contribution in [-0.2, 0) is 9.53 Å². The number of carbonyl (C=O) groups is 2. The Balaban J connectivity index is 2.01. The fraction of sp³-hybridized carbons (Fsp3) is 0.235. The van der Waals surface area contributed by atoms with Gasteiger partial charge in [-0.2, -0.15) is 0 Å². The smallest absolute Gasteiger partial charge is 0.339 e. The summed E-state index contributed by atoms with van der Waals surface area (Å²) in [5.41, 5.74) is 2.20. The third kappa shape index (κ3) is 4.53. The predicted molar refractivity (Wildman–Crippen MR) is 88.7 cm³/mol. The van der Waals surface area contributed by atoms with Gasteiger partial charge in [-0.15, -0.1) is 0 Å². The predicted octanol–water partition coefficient (Wildman–Crippen LogP) is 3.54. The zero-order chi connectivity index (χ0) is 17.0. The van der Waals surface area contributed by atoms with Crippen LogP contribution in [0.1, 0.15) is 28.4 Å². The Morgan fingerprint density at radius 2 is 1.96 bits per heavy atom. The maximum atomic E-state index is 12.2. The highest BCUT2D eigenvalue weighted by molar-refractivity contribution is 6.30. The Labute approximate surface area is 139 Å². The first-order chi connectivity index (χ1) is 10.9. The van der Waals surface area contributed by atoms with Gasteiger partial charge in [-0.25, -0.2) is 9.78 Å². The Kier molecular flexibility index (Phi) is 5.34. The molecule has 2 aromatic rings. The first kappa shape index (κ1) is 17.0. The average Bonchev–Trinajstić information content (AvgIpc) is 2.51. The van der Waals surface area contributed by atoms with Gasteiger partial charge in [0.15, 0.2) is 6.10 Å². The highest BCUT2D eigenvalue weighted by Crippen LogP contribution is 2.14. The van der Waals surface area contributed by atoms with Gasteiger partial charge in [-0.05, 0) is 44.5 Å². The van der Waals surface area contributed by atoms with Crippen molar-refractivity contribution in [3.63, 3.8) is 0 Å². The van der Waals surface area contributed by atoms with E-state index in [2.05, 4.69) is 10.3 Å². The van der Waals surface area contributed by atoms with Gasteiger partial charge in [0.05, 0.1) is 10.6 Å². The van der Waals surface area contributed by atoms with Crippen LogP contribution in [0.3, 0.4) is 0 Å². The van der Waals surface area contributed by atoms with Crippen molar-refractivity contribution in [2.24, 2.45) is 0 Å². The molecule has 1 amide bonds. The molecular formula is C17H17ClN2O3. The van der Waals surface area contributed by atoms with Crippen LogP contribution in [0.5, 0.6) is 0 Å². The zero-order valence-electron chi connectivity index (χ0n) is 13.1. The van der Waals surface area contributed by atoms with Crippen LogP contribution in [0.25, 0.3) is 0 Å². The van der Waals surface area contributed by atoms with Crippen molar-refractivity contribution in [2.45, 2.75) is 26.9 Å². The summed E-state index contributed by atoms with van der Waals surface area (Å²) in [7, 11) is 0. The number of amides is 1. The molecule has 5 nitrogen and oxygen atoms in total. The number of ether oxygens (including phenoxy) is 1. The second-order valence-electron chi connectivity index (χ2n) is 5.22. The molecule has 0 spiro atoms. The Bertz CT molecular complexity index is 729. The number of esters is 1. The summed E-state index contributed by atoms with van der Waals surface area (Å²) in [4.78, 5) is 28.2. The number of nitrogens with one attached hydrogen (secondary N) is 1. The van der Waals surface area contributed by atoms with E-state index in [0.717, 1.165) is 11.1 Å². The summed E-state index contributed by atoms with van der Waals surface area (Å²) in [5.74, 6) is -0.648. The van der Waals surface area contributed by atoms with E-state index in [9.17, 15) is 9.59 Å². The molecule has 120 valence electrons. The lowest BCUT2D eigenvalue weighted by atomic mass is 10.1. The van der Waals surface area contributed by atoms with E-state index in [1.165, 1.54) is 13.1 Å². The van der Waals surface area contributed by atoms with Gasteiger partial charge in [-0.3, -0.25) is 4.79 Å². The van der Waals surface area contributed by atoms with Gasteiger partial charge in [0.1, 0.15) is 5.82 Å². The molecule has 1 N–H and O–H groups in total. The van der Waals surface area contributed by atoms with Crippen molar-refractivity contribution in [1.82, 2.24) is 4.98 Å². The molecule has 0 bridgehead atoms. The Morgan fingerprint density at radius 3 is 2.61 bits per heavy atom. The van der Waals surface area contributed by atoms with Crippen molar-refractivity contribution in [2.75, 3.05) is 5.32 Å². The highest BCUT2D eigenvalue weighted by atomic mass is 35.5. The molecule has 0 unspecified atom stereocenters. The average molecular weight is 333 g/mol. The number of aromatic nitrogens is 1. The van der Waals surface area contributed by atoms with Crippen molar-refractivity contribution in [3.8, 4) is 0 Å². The van der Waals surface area contributed by atoms with E-state index >= 15 is 0 Å². The van der Waals surface area contributed by atoms with Crippen molar-refractivity contribution in [1.29, 1.82) is 0 Å². The van der Waals surface area contributed by atoms with Crippen molar-refractivity contribution < 1.29 is 14.3 Å². The third-order valence-electron chi connectivity index (χ3n) is 3.24. The van der Waals surface area contributed by atoms with Crippen molar-refractivity contribution in [3.05, 3.63) is 58.2 Å². The van der Waals surface area contributed by atoms with Crippen LogP contribution >= 0.6 is 11.6 Å². The Morgan fingerprint density at radius 1 is 1.22 bits per heavy atom. The maximum Gasteiger partial charge on any atom is 0.339 e. The largest absolute Gasteiger partial charge is 0.449 e. The van der Waals surface area contributed by atoms with Crippen LogP contribution in [0, 0.1) is 13.8 Å². The quantitative estimate of drug-likeness (QED) is 0.869. The number of hydrogen-bond acceptors (Lipinski definition) is 4. The van der Waals surface area contributed by atoms with Crippen LogP contribution in [0.2, 0.25) is 5.02 Å². The molecule has 0 saturated heterocycles. The third-order valence-corrected chi connectivity index (χ3v) is 3.47. The van der Waals surface area contributed by atoms with Crippen molar-refractivity contribution >= 4 is 29.3 Å². The minimum Gasteiger partial charge on any atom is -0.449 e. The number of benzene rings is 1. The summed E-state index contributed by atoms with van der Waals surface area (Å²) >= 11 is 5.73. The number of rotatable bonds is 4. The van der Waals surface area contributed by atoms with Gasteiger partial charge in [-0.1, -0.05) is 29.3 Å². The molecule has 0 saturated carbocycles. The number of hydrogen-bond donors (Lipinski definition) is 1. The van der Waals surface area contributed by atoms with E-state index in [0.29, 0.717) is 16.4 Å². The van der Waals surface area contributed by atoms with Gasteiger partial charge < -0.3 is 10.1 Å². The minimum atomic E-state index is -0.945. The maximum absolute atomic E-state index is 12.2. The molecule has 1 aromatic carbocycles. The SMILES string of the molecule is Cc1ccc(C)c(C(=O)O[C@@H](C)C(=O)Nc2ccc(Cl)cn2)c1. The van der Waals surface area contributed by atoms with E-state index in [4.69, 9.17) is 16.3 Å². The standard InChI is InChI=1S/C17H17ClN2O3/c1-10-4-5-11(2)14(8-10)17(22)23-12(3)16(21)20-15-7-6-13(18)9-19-15/h4-9,12H,1-3H3,(H,19,20,21)/t12-/m0/s1. The van der Waals surface area contributed by atoms with Crippen LogP contribution < -0.4 is 5.32 Å². The van der Waals surface area contributed by atoms with Crippen LogP contribution in [0.15, 0.2) is 36.5 Å². The fourth-order valence-electron chi connectivity index (χ4n) is 1.91. The molecule has 0 radical (unpaired) electrons. The lowest BCUT2D eigenvalue weighted by Gasteiger charge is -2.14. The van der Waals surface area contributed by atoms with E-state index < -0.39 is 18.0 Å². The summed E-state index contributed by atoms with van der Waals surface area (Å²) in [6.07, 6.45) is 0.476. The minimum absolute atomic E-state index is 0.342. The second kappa shape index (κ2) is 7.24. The normalized spacial score (nSPS) is 11.7.